The van der Waals surface area contributed by atoms with Crippen molar-refractivity contribution in [1.29, 1.82) is 0 Å². The van der Waals surface area contributed by atoms with Gasteiger partial charge in [0.2, 0.25) is 0 Å². The lowest BCUT2D eigenvalue weighted by atomic mass is 10.1. The highest BCUT2D eigenvalue weighted by Crippen LogP contribution is 2.19. The van der Waals surface area contributed by atoms with E-state index in [0.717, 1.165) is 38.2 Å². The van der Waals surface area contributed by atoms with Gasteiger partial charge in [-0.1, -0.05) is 23.7 Å². The van der Waals surface area contributed by atoms with Crippen molar-refractivity contribution in [3.05, 3.63) is 34.6 Å². The molecule has 0 saturated carbocycles. The second-order valence-electron chi connectivity index (χ2n) is 4.41. The van der Waals surface area contributed by atoms with Crippen molar-refractivity contribution in [2.24, 2.45) is 5.92 Å². The van der Waals surface area contributed by atoms with Crippen LogP contribution < -0.4 is 5.32 Å². The lowest BCUT2D eigenvalue weighted by molar-refractivity contribution is 0.184. The van der Waals surface area contributed by atoms with Gasteiger partial charge in [-0.2, -0.15) is 0 Å². The maximum absolute atomic E-state index is 13.2. The second kappa shape index (κ2) is 6.34. The minimum Gasteiger partial charge on any atom is -0.381 e. The highest BCUT2D eigenvalue weighted by Gasteiger charge is 2.14. The van der Waals surface area contributed by atoms with E-state index >= 15 is 0 Å². The Hall–Kier alpha value is -0.640. The van der Waals surface area contributed by atoms with Crippen LogP contribution in [-0.4, -0.2) is 19.8 Å². The molecule has 0 radical (unpaired) electrons. The third kappa shape index (κ3) is 3.66. The van der Waals surface area contributed by atoms with Gasteiger partial charge in [0.15, 0.2) is 0 Å². The molecule has 94 valence electrons. The molecule has 1 heterocycles. The maximum Gasteiger partial charge on any atom is 0.142 e. The summed E-state index contributed by atoms with van der Waals surface area (Å²) < 4.78 is 18.5. The molecule has 1 N–H and O–H groups in total. The first kappa shape index (κ1) is 12.8. The predicted octanol–water partition coefficient (Wildman–Crippen LogP) is 3.00. The molecule has 0 bridgehead atoms. The lowest BCUT2D eigenvalue weighted by Crippen LogP contribution is -2.18. The summed E-state index contributed by atoms with van der Waals surface area (Å²) in [7, 11) is 0. The topological polar surface area (TPSA) is 21.3 Å². The van der Waals surface area contributed by atoms with Crippen LogP contribution in [0.5, 0.6) is 0 Å². The van der Waals surface area contributed by atoms with Gasteiger partial charge in [0.05, 0.1) is 5.02 Å². The Bertz CT molecular complexity index is 366. The Balaban J connectivity index is 1.72. The summed E-state index contributed by atoms with van der Waals surface area (Å²) in [6.07, 6.45) is 2.26. The van der Waals surface area contributed by atoms with Gasteiger partial charge in [-0.05, 0) is 36.9 Å². The summed E-state index contributed by atoms with van der Waals surface area (Å²) in [5, 5.41) is 3.52. The normalized spacial score (nSPS) is 19.8. The van der Waals surface area contributed by atoms with Crippen molar-refractivity contribution in [2.75, 3.05) is 19.8 Å². The largest absolute Gasteiger partial charge is 0.381 e. The molecule has 1 aliphatic heterocycles. The van der Waals surface area contributed by atoms with E-state index in [1.807, 2.05) is 6.07 Å². The minimum atomic E-state index is -0.352. The van der Waals surface area contributed by atoms with Crippen molar-refractivity contribution in [2.45, 2.75) is 19.4 Å². The molecule has 2 rings (SSSR count). The smallest absolute Gasteiger partial charge is 0.142 e. The number of hydrogen-bond acceptors (Lipinski definition) is 2. The van der Waals surface area contributed by atoms with Crippen LogP contribution in [0.1, 0.15) is 18.4 Å². The minimum absolute atomic E-state index is 0.226. The number of benzene rings is 1. The summed E-state index contributed by atoms with van der Waals surface area (Å²) in [5.74, 6) is 0.320. The van der Waals surface area contributed by atoms with Crippen LogP contribution in [-0.2, 0) is 11.3 Å². The van der Waals surface area contributed by atoms with Crippen LogP contribution in [0.25, 0.3) is 0 Å². The van der Waals surface area contributed by atoms with Gasteiger partial charge in [-0.15, -0.1) is 0 Å². The Kier molecular flexibility index (Phi) is 4.77. The molecule has 17 heavy (non-hydrogen) atoms. The SMILES string of the molecule is Fc1cccc(CNCCC2CCOC2)c1Cl. The predicted molar refractivity (Wildman–Crippen MR) is 66.7 cm³/mol. The van der Waals surface area contributed by atoms with Gasteiger partial charge < -0.3 is 10.1 Å². The van der Waals surface area contributed by atoms with E-state index in [1.54, 1.807) is 6.07 Å². The van der Waals surface area contributed by atoms with E-state index < -0.39 is 0 Å². The van der Waals surface area contributed by atoms with Gasteiger partial charge in [0, 0.05) is 19.8 Å². The van der Waals surface area contributed by atoms with E-state index in [1.165, 1.54) is 6.07 Å². The molecule has 0 aromatic heterocycles. The van der Waals surface area contributed by atoms with Crippen molar-refractivity contribution >= 4 is 11.6 Å². The summed E-state index contributed by atoms with van der Waals surface area (Å²) >= 11 is 5.86. The molecule has 1 saturated heterocycles. The first-order valence-corrected chi connectivity index (χ1v) is 6.36. The summed E-state index contributed by atoms with van der Waals surface area (Å²) in [4.78, 5) is 0. The summed E-state index contributed by atoms with van der Waals surface area (Å²) in [6.45, 7) is 3.30. The third-order valence-electron chi connectivity index (χ3n) is 3.10. The molecule has 0 aliphatic carbocycles. The van der Waals surface area contributed by atoms with E-state index in [9.17, 15) is 4.39 Å². The number of nitrogens with one attached hydrogen (secondary N) is 1. The molecule has 1 fully saturated rings. The first-order valence-electron chi connectivity index (χ1n) is 5.98. The Labute approximate surface area is 106 Å². The van der Waals surface area contributed by atoms with Crippen LogP contribution in [0.2, 0.25) is 5.02 Å². The van der Waals surface area contributed by atoms with Crippen LogP contribution in [0.4, 0.5) is 4.39 Å². The quantitative estimate of drug-likeness (QED) is 0.819. The summed E-state index contributed by atoms with van der Waals surface area (Å²) in [5.41, 5.74) is 0.814. The Morgan fingerprint density at radius 2 is 2.35 bits per heavy atom. The molecule has 1 aliphatic rings. The number of rotatable bonds is 5. The molecule has 1 atom stereocenters. The molecular formula is C13H17ClFNO. The number of hydrogen-bond donors (Lipinski definition) is 1. The molecule has 0 spiro atoms. The number of halogens is 2. The van der Waals surface area contributed by atoms with Crippen molar-refractivity contribution in [3.63, 3.8) is 0 Å². The molecule has 1 unspecified atom stereocenters. The van der Waals surface area contributed by atoms with E-state index in [-0.39, 0.29) is 10.8 Å². The van der Waals surface area contributed by atoms with Gasteiger partial charge >= 0.3 is 0 Å². The fourth-order valence-electron chi connectivity index (χ4n) is 2.03. The summed E-state index contributed by atoms with van der Waals surface area (Å²) in [6, 6.07) is 4.90. The van der Waals surface area contributed by atoms with Gasteiger partial charge in [0.1, 0.15) is 5.82 Å². The zero-order valence-corrected chi connectivity index (χ0v) is 10.5. The van der Waals surface area contributed by atoms with Crippen LogP contribution >= 0.6 is 11.6 Å². The molecule has 0 amide bonds. The van der Waals surface area contributed by atoms with Crippen LogP contribution in [0.3, 0.4) is 0 Å². The molecular weight excluding hydrogens is 241 g/mol. The fraction of sp³-hybridized carbons (Fsp3) is 0.538. The zero-order valence-electron chi connectivity index (χ0n) is 9.72. The van der Waals surface area contributed by atoms with Crippen molar-refractivity contribution < 1.29 is 9.13 Å². The maximum atomic E-state index is 13.2. The Morgan fingerprint density at radius 3 is 3.12 bits per heavy atom. The zero-order chi connectivity index (χ0) is 12.1. The van der Waals surface area contributed by atoms with Crippen molar-refractivity contribution in [1.82, 2.24) is 5.32 Å². The van der Waals surface area contributed by atoms with E-state index in [4.69, 9.17) is 16.3 Å². The van der Waals surface area contributed by atoms with Gasteiger partial charge in [-0.3, -0.25) is 0 Å². The monoisotopic (exact) mass is 257 g/mol. The lowest BCUT2D eigenvalue weighted by Gasteiger charge is -2.09. The van der Waals surface area contributed by atoms with Crippen LogP contribution in [0.15, 0.2) is 18.2 Å². The third-order valence-corrected chi connectivity index (χ3v) is 3.52. The van der Waals surface area contributed by atoms with Gasteiger partial charge in [0.25, 0.3) is 0 Å². The fourth-order valence-corrected chi connectivity index (χ4v) is 2.22. The number of ether oxygens (including phenoxy) is 1. The molecule has 1 aromatic rings. The van der Waals surface area contributed by atoms with E-state index in [2.05, 4.69) is 5.32 Å². The first-order chi connectivity index (χ1) is 8.27. The molecule has 2 nitrogen and oxygen atoms in total. The highest BCUT2D eigenvalue weighted by molar-refractivity contribution is 6.31. The average Bonchev–Trinajstić information content (AvgIpc) is 2.83. The average molecular weight is 258 g/mol. The highest BCUT2D eigenvalue weighted by atomic mass is 35.5. The van der Waals surface area contributed by atoms with E-state index in [0.29, 0.717) is 12.5 Å². The second-order valence-corrected chi connectivity index (χ2v) is 4.79. The molecule has 4 heteroatoms. The van der Waals surface area contributed by atoms with Gasteiger partial charge in [-0.25, -0.2) is 4.39 Å². The molecule has 1 aromatic carbocycles. The standard InChI is InChI=1S/C13H17ClFNO/c14-13-11(2-1-3-12(13)15)8-16-6-4-10-5-7-17-9-10/h1-3,10,16H,4-9H2. The Morgan fingerprint density at radius 1 is 1.47 bits per heavy atom. The van der Waals surface area contributed by atoms with Crippen LogP contribution in [0, 0.1) is 11.7 Å². The van der Waals surface area contributed by atoms with Crippen molar-refractivity contribution in [3.8, 4) is 0 Å².